The second kappa shape index (κ2) is 11.7. The van der Waals surface area contributed by atoms with E-state index in [0.717, 1.165) is 0 Å². The molecule has 4 N–H and O–H groups in total. The number of aromatic carboxylic acids is 4. The summed E-state index contributed by atoms with van der Waals surface area (Å²) in [5, 5.41) is 33.7. The first kappa shape index (κ1) is 25.5. The van der Waals surface area contributed by atoms with Gasteiger partial charge in [-0.2, -0.15) is 0 Å². The van der Waals surface area contributed by atoms with Gasteiger partial charge in [0.15, 0.2) is 0 Å². The van der Waals surface area contributed by atoms with Gasteiger partial charge in [-0.25, -0.2) is 29.1 Å². The fourth-order valence-corrected chi connectivity index (χ4v) is 1.35. The molecule has 0 atom stereocenters. The molecule has 0 fully saturated rings. The monoisotopic (exact) mass is 460 g/mol. The molecule has 2 rings (SSSR count). The largest absolute Gasteiger partial charge is 0.477 e. The second-order valence-electron chi connectivity index (χ2n) is 4.04. The van der Waals surface area contributed by atoms with E-state index in [1.807, 2.05) is 0 Å². The molecular formula is C14H10Cu2N2O8. The van der Waals surface area contributed by atoms with Crippen molar-refractivity contribution in [2.24, 2.45) is 0 Å². The smallest absolute Gasteiger partial charge is 0.354 e. The first-order valence-electron chi connectivity index (χ1n) is 6.09. The van der Waals surface area contributed by atoms with Crippen LogP contribution in [0.15, 0.2) is 36.4 Å². The number of carboxylic acid groups (broad SMARTS) is 4. The molecule has 146 valence electrons. The van der Waals surface area contributed by atoms with Crippen LogP contribution < -0.4 is 0 Å². The number of rotatable bonds is 4. The minimum atomic E-state index is -1.24. The summed E-state index contributed by atoms with van der Waals surface area (Å²) in [5.74, 6) is -4.95. The van der Waals surface area contributed by atoms with E-state index in [0.29, 0.717) is 0 Å². The van der Waals surface area contributed by atoms with Crippen LogP contribution in [0, 0.1) is 0 Å². The quantitative estimate of drug-likeness (QED) is 0.480. The maximum absolute atomic E-state index is 10.3. The van der Waals surface area contributed by atoms with Gasteiger partial charge in [-0.1, -0.05) is 12.1 Å². The summed E-state index contributed by atoms with van der Waals surface area (Å²) in [6.07, 6.45) is 0. The van der Waals surface area contributed by atoms with Gasteiger partial charge in [0, 0.05) is 34.1 Å². The molecule has 26 heavy (non-hydrogen) atoms. The number of hydrogen-bond donors (Lipinski definition) is 4. The summed E-state index contributed by atoms with van der Waals surface area (Å²) in [4.78, 5) is 48.0. The van der Waals surface area contributed by atoms with E-state index in [1.165, 1.54) is 36.4 Å². The summed E-state index contributed by atoms with van der Waals surface area (Å²) >= 11 is 0. The van der Waals surface area contributed by atoms with Crippen molar-refractivity contribution in [3.63, 3.8) is 0 Å². The normalized spacial score (nSPS) is 8.62. The Balaban J connectivity index is 0. The average molecular weight is 461 g/mol. The van der Waals surface area contributed by atoms with Crippen LogP contribution in [0.4, 0.5) is 0 Å². The fraction of sp³-hybridized carbons (Fsp3) is 0. The van der Waals surface area contributed by atoms with Crippen molar-refractivity contribution in [3.05, 3.63) is 59.2 Å². The van der Waals surface area contributed by atoms with Crippen LogP contribution in [0.5, 0.6) is 0 Å². The number of aromatic nitrogens is 2. The van der Waals surface area contributed by atoms with Crippen molar-refractivity contribution in [3.8, 4) is 0 Å². The van der Waals surface area contributed by atoms with Crippen molar-refractivity contribution in [2.75, 3.05) is 0 Å². The van der Waals surface area contributed by atoms with Crippen LogP contribution in [0.25, 0.3) is 0 Å². The molecule has 0 saturated carbocycles. The third kappa shape index (κ3) is 7.86. The zero-order chi connectivity index (χ0) is 18.3. The number of carbonyl (C=O) groups is 4. The molecule has 2 aromatic heterocycles. The van der Waals surface area contributed by atoms with Crippen molar-refractivity contribution < 1.29 is 73.7 Å². The summed E-state index contributed by atoms with van der Waals surface area (Å²) in [6.45, 7) is 0. The molecule has 0 unspecified atom stereocenters. The van der Waals surface area contributed by atoms with Crippen LogP contribution in [0.1, 0.15) is 42.0 Å². The molecule has 0 spiro atoms. The number of carboxylic acids is 4. The summed E-state index contributed by atoms with van der Waals surface area (Å²) in [6, 6.07) is 7.59. The Kier molecular flexibility index (Phi) is 11.5. The molecular weight excluding hydrogens is 451 g/mol. The Morgan fingerprint density at radius 2 is 0.731 bits per heavy atom. The van der Waals surface area contributed by atoms with Crippen molar-refractivity contribution >= 4 is 23.9 Å². The maximum Gasteiger partial charge on any atom is 0.354 e. The molecule has 0 bridgehead atoms. The molecule has 0 aromatic carbocycles. The standard InChI is InChI=1S/2C7H5NO4.2Cu/c2*9-6(10)4-2-1-3-5(8-4)7(11)12;;/h2*1-3H,(H,9,10)(H,11,12);;. The Morgan fingerprint density at radius 1 is 0.538 bits per heavy atom. The molecule has 0 aliphatic carbocycles. The van der Waals surface area contributed by atoms with Gasteiger partial charge >= 0.3 is 23.9 Å². The predicted molar refractivity (Wildman–Crippen MR) is 76.3 cm³/mol. The van der Waals surface area contributed by atoms with Crippen LogP contribution in [0.3, 0.4) is 0 Å². The zero-order valence-corrected chi connectivity index (χ0v) is 14.3. The average Bonchev–Trinajstić information content (AvgIpc) is 2.55. The van der Waals surface area contributed by atoms with E-state index in [9.17, 15) is 19.2 Å². The van der Waals surface area contributed by atoms with E-state index in [2.05, 4.69) is 9.97 Å². The molecule has 12 heteroatoms. The third-order valence-electron chi connectivity index (χ3n) is 2.37. The molecule has 0 aliphatic rings. The van der Waals surface area contributed by atoms with Gasteiger partial charge < -0.3 is 20.4 Å². The summed E-state index contributed by atoms with van der Waals surface area (Å²) in [7, 11) is 0. The van der Waals surface area contributed by atoms with Crippen LogP contribution >= 0.6 is 0 Å². The van der Waals surface area contributed by atoms with Gasteiger partial charge in [0.1, 0.15) is 22.8 Å². The molecule has 2 aromatic rings. The van der Waals surface area contributed by atoms with Crippen LogP contribution in [-0.2, 0) is 34.1 Å². The minimum Gasteiger partial charge on any atom is -0.477 e. The van der Waals surface area contributed by atoms with Crippen LogP contribution in [0.2, 0.25) is 0 Å². The van der Waals surface area contributed by atoms with Crippen molar-refractivity contribution in [2.45, 2.75) is 0 Å². The van der Waals surface area contributed by atoms with Gasteiger partial charge in [0.2, 0.25) is 0 Å². The van der Waals surface area contributed by atoms with E-state index < -0.39 is 23.9 Å². The first-order chi connectivity index (χ1) is 11.2. The number of nitrogens with zero attached hydrogens (tertiary/aromatic N) is 2. The molecule has 10 nitrogen and oxygen atoms in total. The topological polar surface area (TPSA) is 175 Å². The van der Waals surface area contributed by atoms with E-state index in [4.69, 9.17) is 20.4 Å². The summed E-state index contributed by atoms with van der Waals surface area (Å²) in [5.41, 5.74) is -1.07. The van der Waals surface area contributed by atoms with E-state index in [-0.39, 0.29) is 56.9 Å². The number of pyridine rings is 2. The van der Waals surface area contributed by atoms with Gasteiger partial charge in [-0.15, -0.1) is 0 Å². The van der Waals surface area contributed by atoms with Gasteiger partial charge in [0.25, 0.3) is 0 Å². The Bertz CT molecular complexity index is 687. The Morgan fingerprint density at radius 3 is 0.885 bits per heavy atom. The van der Waals surface area contributed by atoms with Gasteiger partial charge in [0.05, 0.1) is 0 Å². The van der Waals surface area contributed by atoms with Gasteiger partial charge in [-0.05, 0) is 24.3 Å². The Labute approximate surface area is 166 Å². The fourth-order valence-electron chi connectivity index (χ4n) is 1.35. The van der Waals surface area contributed by atoms with E-state index >= 15 is 0 Å². The Hall–Kier alpha value is -2.78. The second-order valence-corrected chi connectivity index (χ2v) is 4.04. The third-order valence-corrected chi connectivity index (χ3v) is 2.37. The van der Waals surface area contributed by atoms with Crippen molar-refractivity contribution in [1.82, 2.24) is 9.97 Å². The SMILES string of the molecule is O=C(O)c1cccc(C(=O)O)n1.O=C(O)c1cccc(C(=O)O)n1.[Cu].[Cu]. The number of hydrogen-bond acceptors (Lipinski definition) is 6. The van der Waals surface area contributed by atoms with Gasteiger partial charge in [-0.3, -0.25) is 0 Å². The predicted octanol–water partition coefficient (Wildman–Crippen LogP) is 0.951. The summed E-state index contributed by atoms with van der Waals surface area (Å²) < 4.78 is 0. The molecule has 2 radical (unpaired) electrons. The molecule has 0 amide bonds. The minimum absolute atomic E-state index is 0. The maximum atomic E-state index is 10.3. The zero-order valence-electron chi connectivity index (χ0n) is 12.4. The van der Waals surface area contributed by atoms with Crippen molar-refractivity contribution in [1.29, 1.82) is 0 Å². The van der Waals surface area contributed by atoms with Crippen LogP contribution in [-0.4, -0.2) is 54.3 Å². The molecule has 0 saturated heterocycles. The molecule has 0 aliphatic heterocycles. The first-order valence-corrected chi connectivity index (χ1v) is 6.09. The molecule has 2 heterocycles. The van der Waals surface area contributed by atoms with E-state index in [1.54, 1.807) is 0 Å².